The van der Waals surface area contributed by atoms with Crippen molar-refractivity contribution in [3.8, 4) is 0 Å². The number of nitrogens with zero attached hydrogens (tertiary/aromatic N) is 3. The van der Waals surface area contributed by atoms with Crippen LogP contribution in [0.2, 0.25) is 0 Å². The van der Waals surface area contributed by atoms with Crippen LogP contribution in [0.25, 0.3) is 0 Å². The summed E-state index contributed by atoms with van der Waals surface area (Å²) in [5.74, 6) is 1.34. The second-order valence-corrected chi connectivity index (χ2v) is 9.29. The minimum atomic E-state index is -3.05. The Hall–Kier alpha value is -0.170. The first-order valence-electron chi connectivity index (χ1n) is 9.56. The number of hydrogen-bond acceptors (Lipinski definition) is 5. The van der Waals surface area contributed by atoms with Gasteiger partial charge in [-0.2, -0.15) is 0 Å². The molecule has 0 unspecified atom stereocenters. The number of guanidine groups is 1. The van der Waals surface area contributed by atoms with Crippen molar-refractivity contribution in [3.63, 3.8) is 0 Å². The largest absolute Gasteiger partial charge is 0.383 e. The molecule has 0 aromatic heterocycles. The highest BCUT2D eigenvalue weighted by Crippen LogP contribution is 2.18. The molecule has 2 N–H and O–H groups in total. The van der Waals surface area contributed by atoms with Crippen LogP contribution in [0.1, 0.15) is 25.7 Å². The fourth-order valence-corrected chi connectivity index (χ4v) is 4.47. The van der Waals surface area contributed by atoms with Crippen LogP contribution in [0.4, 0.5) is 0 Å². The zero-order valence-electron chi connectivity index (χ0n) is 16.8. The third kappa shape index (κ3) is 8.80. The van der Waals surface area contributed by atoms with Gasteiger partial charge in [-0.3, -0.25) is 4.99 Å². The fraction of sp³-hybridized carbons (Fsp3) is 0.941. The van der Waals surface area contributed by atoms with E-state index in [9.17, 15) is 8.42 Å². The lowest BCUT2D eigenvalue weighted by molar-refractivity contribution is 0.128. The van der Waals surface area contributed by atoms with Crippen LogP contribution in [0, 0.1) is 5.92 Å². The molecular formula is C17H36IN5O3S. The van der Waals surface area contributed by atoms with Crippen molar-refractivity contribution >= 4 is 40.0 Å². The molecule has 0 atom stereocenters. The van der Waals surface area contributed by atoms with Crippen LogP contribution in [0.15, 0.2) is 4.99 Å². The van der Waals surface area contributed by atoms with Crippen molar-refractivity contribution in [1.29, 1.82) is 0 Å². The second kappa shape index (κ2) is 12.4. The van der Waals surface area contributed by atoms with E-state index < -0.39 is 10.0 Å². The maximum atomic E-state index is 11.6. The van der Waals surface area contributed by atoms with E-state index in [4.69, 9.17) is 4.74 Å². The van der Waals surface area contributed by atoms with Gasteiger partial charge in [-0.1, -0.05) is 0 Å². The maximum absolute atomic E-state index is 11.6. The van der Waals surface area contributed by atoms with E-state index in [1.54, 1.807) is 18.5 Å². The maximum Gasteiger partial charge on any atom is 0.211 e. The Bertz CT molecular complexity index is 545. The summed E-state index contributed by atoms with van der Waals surface area (Å²) in [5.41, 5.74) is 0. The highest BCUT2D eigenvalue weighted by Gasteiger charge is 2.25. The molecule has 2 rings (SSSR count). The van der Waals surface area contributed by atoms with E-state index >= 15 is 0 Å². The summed E-state index contributed by atoms with van der Waals surface area (Å²) in [4.78, 5) is 6.78. The van der Waals surface area contributed by atoms with Crippen LogP contribution >= 0.6 is 24.0 Å². The molecule has 2 fully saturated rings. The van der Waals surface area contributed by atoms with E-state index in [2.05, 4.69) is 20.5 Å². The lowest BCUT2D eigenvalue weighted by Gasteiger charge is -2.33. The zero-order chi connectivity index (χ0) is 19.0. The van der Waals surface area contributed by atoms with Gasteiger partial charge in [0.15, 0.2) is 5.96 Å². The first-order valence-corrected chi connectivity index (χ1v) is 11.4. The molecule has 2 aliphatic rings. The van der Waals surface area contributed by atoms with E-state index in [0.717, 1.165) is 64.4 Å². The Balaban J connectivity index is 0.00000364. The van der Waals surface area contributed by atoms with Crippen molar-refractivity contribution in [1.82, 2.24) is 19.8 Å². The number of piperidine rings is 2. The van der Waals surface area contributed by atoms with E-state index in [1.165, 1.54) is 6.26 Å². The molecule has 0 saturated carbocycles. The van der Waals surface area contributed by atoms with E-state index in [1.807, 2.05) is 0 Å². The summed E-state index contributed by atoms with van der Waals surface area (Å²) in [6, 6.07) is 0.451. The Kier molecular flexibility index (Phi) is 11.4. The molecule has 8 nitrogen and oxygen atoms in total. The topological polar surface area (TPSA) is 86.3 Å². The summed E-state index contributed by atoms with van der Waals surface area (Å²) in [5, 5.41) is 6.95. The highest BCUT2D eigenvalue weighted by atomic mass is 127. The lowest BCUT2D eigenvalue weighted by Crippen LogP contribution is -2.50. The first-order chi connectivity index (χ1) is 12.4. The average Bonchev–Trinajstić information content (AvgIpc) is 2.64. The summed E-state index contributed by atoms with van der Waals surface area (Å²) < 4.78 is 29.9. The number of ether oxygens (including phenoxy) is 1. The highest BCUT2D eigenvalue weighted by molar-refractivity contribution is 14.0. The normalized spacial score (nSPS) is 21.7. The quantitative estimate of drug-likeness (QED) is 0.292. The lowest BCUT2D eigenvalue weighted by atomic mass is 9.98. The van der Waals surface area contributed by atoms with Gasteiger partial charge in [0, 0.05) is 59.5 Å². The van der Waals surface area contributed by atoms with Gasteiger partial charge in [-0.25, -0.2) is 12.7 Å². The minimum absolute atomic E-state index is 0. The Morgan fingerprint density at radius 3 is 2.30 bits per heavy atom. The fourth-order valence-electron chi connectivity index (χ4n) is 3.60. The number of aliphatic imine (C=N–C) groups is 1. The molecule has 2 saturated heterocycles. The number of methoxy groups -OCH3 is 1. The van der Waals surface area contributed by atoms with E-state index in [0.29, 0.717) is 25.0 Å². The molecule has 0 spiro atoms. The molecule has 0 aromatic carbocycles. The standard InChI is InChI=1S/C17H35N5O3S.HI/c1-18-17(20-16-6-8-21(9-7-16)12-13-25-2)19-14-15-4-10-22(11-5-15)26(3,23)24;/h15-16H,4-14H2,1-3H3,(H2,18,19,20);1H. The SMILES string of the molecule is CN=C(NCC1CCN(S(C)(=O)=O)CC1)NC1CCN(CCOC)CC1.I. The molecular weight excluding hydrogens is 481 g/mol. The molecule has 2 aliphatic heterocycles. The number of halogens is 1. The van der Waals surface area contributed by atoms with Gasteiger partial charge in [0.05, 0.1) is 12.9 Å². The molecule has 10 heteroatoms. The molecule has 0 amide bonds. The summed E-state index contributed by atoms with van der Waals surface area (Å²) >= 11 is 0. The van der Waals surface area contributed by atoms with Gasteiger partial charge in [0.25, 0.3) is 0 Å². The van der Waals surface area contributed by atoms with Crippen LogP contribution in [0.3, 0.4) is 0 Å². The van der Waals surface area contributed by atoms with Crippen molar-refractivity contribution in [2.45, 2.75) is 31.7 Å². The molecule has 160 valence electrons. The summed E-state index contributed by atoms with van der Waals surface area (Å²) in [6.45, 7) is 6.05. The number of likely N-dealkylation sites (tertiary alicyclic amines) is 1. The zero-order valence-corrected chi connectivity index (χ0v) is 20.0. The Morgan fingerprint density at radius 1 is 1.15 bits per heavy atom. The van der Waals surface area contributed by atoms with Gasteiger partial charge in [-0.05, 0) is 31.6 Å². The average molecular weight is 517 g/mol. The van der Waals surface area contributed by atoms with Crippen LogP contribution in [0.5, 0.6) is 0 Å². The van der Waals surface area contributed by atoms with Crippen LogP contribution < -0.4 is 10.6 Å². The Labute approximate surface area is 181 Å². The van der Waals surface area contributed by atoms with Crippen molar-refractivity contribution in [2.24, 2.45) is 10.9 Å². The molecule has 0 aromatic rings. The molecule has 0 radical (unpaired) electrons. The van der Waals surface area contributed by atoms with Crippen molar-refractivity contribution in [2.75, 3.05) is 66.3 Å². The predicted octanol–water partition coefficient (Wildman–Crippen LogP) is 0.552. The monoisotopic (exact) mass is 517 g/mol. The van der Waals surface area contributed by atoms with Gasteiger partial charge >= 0.3 is 0 Å². The predicted molar refractivity (Wildman–Crippen MR) is 120 cm³/mol. The molecule has 2 heterocycles. The second-order valence-electron chi connectivity index (χ2n) is 7.31. The van der Waals surface area contributed by atoms with E-state index in [-0.39, 0.29) is 24.0 Å². The number of sulfonamides is 1. The van der Waals surface area contributed by atoms with Crippen molar-refractivity contribution in [3.05, 3.63) is 0 Å². The van der Waals surface area contributed by atoms with Crippen molar-refractivity contribution < 1.29 is 13.2 Å². The van der Waals surface area contributed by atoms with Gasteiger partial charge < -0.3 is 20.3 Å². The summed E-state index contributed by atoms with van der Waals surface area (Å²) in [6.07, 6.45) is 5.30. The molecule has 0 bridgehead atoms. The number of hydrogen-bond donors (Lipinski definition) is 2. The number of nitrogens with one attached hydrogen (secondary N) is 2. The van der Waals surface area contributed by atoms with Gasteiger partial charge in [-0.15, -0.1) is 24.0 Å². The Morgan fingerprint density at radius 2 is 1.78 bits per heavy atom. The summed E-state index contributed by atoms with van der Waals surface area (Å²) in [7, 11) is 0.496. The first kappa shape index (κ1) is 24.9. The number of rotatable bonds is 7. The smallest absolute Gasteiger partial charge is 0.211 e. The van der Waals surface area contributed by atoms with Gasteiger partial charge in [0.2, 0.25) is 10.0 Å². The molecule has 27 heavy (non-hydrogen) atoms. The van der Waals surface area contributed by atoms with Crippen LogP contribution in [-0.4, -0.2) is 95.9 Å². The minimum Gasteiger partial charge on any atom is -0.383 e. The third-order valence-corrected chi connectivity index (χ3v) is 6.67. The molecule has 0 aliphatic carbocycles. The van der Waals surface area contributed by atoms with Crippen LogP contribution in [-0.2, 0) is 14.8 Å². The van der Waals surface area contributed by atoms with Gasteiger partial charge in [0.1, 0.15) is 0 Å². The third-order valence-electron chi connectivity index (χ3n) is 5.36.